The third-order valence-electron chi connectivity index (χ3n) is 5.20. The van der Waals surface area contributed by atoms with E-state index in [1.165, 1.54) is 12.1 Å². The SMILES string of the molecule is N=C(N)c1c(O)cccc1C=Cc1ccccc1.N=C(N)c1c(O)cccc1C=Cc1ccccc1. The maximum absolute atomic E-state index is 9.70. The van der Waals surface area contributed by atoms with Crippen molar-refractivity contribution in [2.24, 2.45) is 11.5 Å². The zero-order valence-electron chi connectivity index (χ0n) is 19.6. The zero-order chi connectivity index (χ0) is 25.9. The number of nitrogens with two attached hydrogens (primary N) is 2. The average molecular weight is 477 g/mol. The number of hydrogen-bond donors (Lipinski definition) is 6. The molecule has 0 spiro atoms. The van der Waals surface area contributed by atoms with Gasteiger partial charge in [-0.3, -0.25) is 10.8 Å². The number of rotatable bonds is 6. The van der Waals surface area contributed by atoms with Gasteiger partial charge in [0.05, 0.1) is 11.1 Å². The number of nitrogens with one attached hydrogen (secondary N) is 2. The van der Waals surface area contributed by atoms with Crippen molar-refractivity contribution in [1.29, 1.82) is 10.8 Å². The predicted molar refractivity (Wildman–Crippen MR) is 149 cm³/mol. The summed E-state index contributed by atoms with van der Waals surface area (Å²) < 4.78 is 0. The summed E-state index contributed by atoms with van der Waals surface area (Å²) in [4.78, 5) is 0. The molecule has 6 heteroatoms. The van der Waals surface area contributed by atoms with Crippen LogP contribution in [-0.4, -0.2) is 21.9 Å². The Morgan fingerprint density at radius 3 is 1.19 bits per heavy atom. The number of aromatic hydroxyl groups is 2. The van der Waals surface area contributed by atoms with E-state index in [0.717, 1.165) is 22.3 Å². The van der Waals surface area contributed by atoms with E-state index in [1.807, 2.05) is 97.1 Å². The van der Waals surface area contributed by atoms with E-state index in [-0.39, 0.29) is 23.2 Å². The fraction of sp³-hybridized carbons (Fsp3) is 0. The second-order valence-electron chi connectivity index (χ2n) is 7.80. The summed E-state index contributed by atoms with van der Waals surface area (Å²) in [6.45, 7) is 0. The number of phenolic OH excluding ortho intramolecular Hbond substituents is 2. The number of hydrogen-bond acceptors (Lipinski definition) is 4. The molecule has 0 aliphatic heterocycles. The number of nitrogen functional groups attached to an aromatic ring is 2. The standard InChI is InChI=1S/2C15H14N2O/c2*16-15(17)14-12(7-4-8-13(14)18)10-9-11-5-2-1-3-6-11/h2*1-10,18H,(H3,16,17). The smallest absolute Gasteiger partial charge is 0.127 e. The van der Waals surface area contributed by atoms with Gasteiger partial charge in [-0.05, 0) is 34.4 Å². The van der Waals surface area contributed by atoms with Gasteiger partial charge < -0.3 is 21.7 Å². The maximum Gasteiger partial charge on any atom is 0.127 e. The van der Waals surface area contributed by atoms with Crippen molar-refractivity contribution in [2.75, 3.05) is 0 Å². The van der Waals surface area contributed by atoms with Crippen molar-refractivity contribution in [2.45, 2.75) is 0 Å². The summed E-state index contributed by atoms with van der Waals surface area (Å²) >= 11 is 0. The van der Waals surface area contributed by atoms with Gasteiger partial charge in [0.15, 0.2) is 0 Å². The van der Waals surface area contributed by atoms with E-state index < -0.39 is 0 Å². The lowest BCUT2D eigenvalue weighted by molar-refractivity contribution is 0.473. The fourth-order valence-corrected chi connectivity index (χ4v) is 3.48. The first-order valence-corrected chi connectivity index (χ1v) is 11.2. The van der Waals surface area contributed by atoms with Crippen molar-refractivity contribution in [1.82, 2.24) is 0 Å². The van der Waals surface area contributed by atoms with Crippen molar-refractivity contribution >= 4 is 36.0 Å². The van der Waals surface area contributed by atoms with Crippen LogP contribution in [0.15, 0.2) is 97.1 Å². The molecule has 4 aromatic rings. The molecule has 180 valence electrons. The molecule has 0 bridgehead atoms. The Kier molecular flexibility index (Phi) is 8.78. The van der Waals surface area contributed by atoms with Crippen LogP contribution < -0.4 is 11.5 Å². The first-order valence-electron chi connectivity index (χ1n) is 11.2. The third-order valence-corrected chi connectivity index (χ3v) is 5.20. The normalized spacial score (nSPS) is 10.7. The van der Waals surface area contributed by atoms with E-state index >= 15 is 0 Å². The highest BCUT2D eigenvalue weighted by Gasteiger charge is 2.08. The molecule has 0 saturated carbocycles. The Labute approximate surface area is 210 Å². The fourth-order valence-electron chi connectivity index (χ4n) is 3.48. The van der Waals surface area contributed by atoms with Crippen molar-refractivity contribution in [3.05, 3.63) is 130 Å². The molecule has 0 unspecified atom stereocenters. The lowest BCUT2D eigenvalue weighted by atomic mass is 10.0. The van der Waals surface area contributed by atoms with E-state index in [9.17, 15) is 10.2 Å². The third kappa shape index (κ3) is 6.95. The summed E-state index contributed by atoms with van der Waals surface area (Å²) in [5.41, 5.74) is 15.2. The molecule has 4 aromatic carbocycles. The second kappa shape index (κ2) is 12.4. The summed E-state index contributed by atoms with van der Waals surface area (Å²) in [6, 6.07) is 29.8. The quantitative estimate of drug-likeness (QED) is 0.121. The van der Waals surface area contributed by atoms with Crippen LogP contribution in [0.1, 0.15) is 33.4 Å². The molecule has 0 fully saturated rings. The van der Waals surface area contributed by atoms with Crippen LogP contribution in [-0.2, 0) is 0 Å². The summed E-state index contributed by atoms with van der Waals surface area (Å²) in [7, 11) is 0. The zero-order valence-corrected chi connectivity index (χ0v) is 19.6. The van der Waals surface area contributed by atoms with Crippen LogP contribution in [0.25, 0.3) is 24.3 Å². The molecule has 36 heavy (non-hydrogen) atoms. The minimum Gasteiger partial charge on any atom is -0.507 e. The van der Waals surface area contributed by atoms with Crippen LogP contribution in [0, 0.1) is 10.8 Å². The van der Waals surface area contributed by atoms with Gasteiger partial charge in [0.2, 0.25) is 0 Å². The summed E-state index contributed by atoms with van der Waals surface area (Å²) in [5, 5.41) is 34.4. The molecule has 0 heterocycles. The van der Waals surface area contributed by atoms with Gasteiger partial charge in [-0.2, -0.15) is 0 Å². The molecule has 0 amide bonds. The largest absolute Gasteiger partial charge is 0.507 e. The van der Waals surface area contributed by atoms with Crippen LogP contribution in [0.3, 0.4) is 0 Å². The Morgan fingerprint density at radius 1 is 0.500 bits per heavy atom. The van der Waals surface area contributed by atoms with Gasteiger partial charge in [-0.1, -0.05) is 109 Å². The Morgan fingerprint density at radius 2 is 0.861 bits per heavy atom. The molecule has 0 aliphatic rings. The lowest BCUT2D eigenvalue weighted by Crippen LogP contribution is -2.12. The highest BCUT2D eigenvalue weighted by atomic mass is 16.3. The van der Waals surface area contributed by atoms with E-state index in [0.29, 0.717) is 11.1 Å². The molecule has 6 nitrogen and oxygen atoms in total. The predicted octanol–water partition coefficient (Wildman–Crippen LogP) is 5.69. The minimum atomic E-state index is -0.138. The van der Waals surface area contributed by atoms with Gasteiger partial charge in [-0.15, -0.1) is 0 Å². The van der Waals surface area contributed by atoms with Crippen LogP contribution in [0.5, 0.6) is 11.5 Å². The Balaban J connectivity index is 0.000000201. The van der Waals surface area contributed by atoms with Crippen LogP contribution in [0.2, 0.25) is 0 Å². The van der Waals surface area contributed by atoms with Crippen LogP contribution in [0.4, 0.5) is 0 Å². The first-order chi connectivity index (χ1) is 17.4. The summed E-state index contributed by atoms with van der Waals surface area (Å²) in [6.07, 6.45) is 7.51. The minimum absolute atomic E-state index is 0.0257. The number of phenols is 2. The van der Waals surface area contributed by atoms with Crippen LogP contribution >= 0.6 is 0 Å². The van der Waals surface area contributed by atoms with Crippen molar-refractivity contribution < 1.29 is 10.2 Å². The molecular weight excluding hydrogens is 448 g/mol. The second-order valence-corrected chi connectivity index (χ2v) is 7.80. The molecule has 0 atom stereocenters. The number of benzene rings is 4. The molecule has 0 saturated heterocycles. The average Bonchev–Trinajstić information content (AvgIpc) is 2.87. The van der Waals surface area contributed by atoms with Gasteiger partial charge >= 0.3 is 0 Å². The Hall–Kier alpha value is -5.10. The molecular formula is C30H28N4O2. The first kappa shape index (κ1) is 25.5. The lowest BCUT2D eigenvalue weighted by Gasteiger charge is -2.06. The highest BCUT2D eigenvalue weighted by molar-refractivity contribution is 6.02. The highest BCUT2D eigenvalue weighted by Crippen LogP contribution is 2.23. The van der Waals surface area contributed by atoms with Gasteiger partial charge in [0.25, 0.3) is 0 Å². The molecule has 4 rings (SSSR count). The number of amidine groups is 2. The maximum atomic E-state index is 9.70. The van der Waals surface area contributed by atoms with Gasteiger partial charge in [0.1, 0.15) is 23.2 Å². The topological polar surface area (TPSA) is 140 Å². The summed E-state index contributed by atoms with van der Waals surface area (Å²) in [5.74, 6) is -0.225. The van der Waals surface area contributed by atoms with Crippen molar-refractivity contribution in [3.8, 4) is 11.5 Å². The van der Waals surface area contributed by atoms with E-state index in [4.69, 9.17) is 22.3 Å². The monoisotopic (exact) mass is 476 g/mol. The molecule has 0 aliphatic carbocycles. The molecule has 0 aromatic heterocycles. The van der Waals surface area contributed by atoms with Crippen molar-refractivity contribution in [3.63, 3.8) is 0 Å². The van der Waals surface area contributed by atoms with Gasteiger partial charge in [-0.25, -0.2) is 0 Å². The van der Waals surface area contributed by atoms with Gasteiger partial charge in [0, 0.05) is 0 Å². The van der Waals surface area contributed by atoms with E-state index in [1.54, 1.807) is 12.1 Å². The molecule has 0 radical (unpaired) electrons. The Bertz CT molecular complexity index is 1290. The molecule has 8 N–H and O–H groups in total. The van der Waals surface area contributed by atoms with E-state index in [2.05, 4.69) is 0 Å².